The van der Waals surface area contributed by atoms with Crippen LogP contribution >= 0.6 is 22.6 Å². The fourth-order valence-electron chi connectivity index (χ4n) is 1.73. The van der Waals surface area contributed by atoms with E-state index in [0.717, 1.165) is 33.5 Å². The molecule has 0 spiro atoms. The fourth-order valence-corrected chi connectivity index (χ4v) is 2.24. The van der Waals surface area contributed by atoms with Crippen LogP contribution in [-0.2, 0) is 12.8 Å². The van der Waals surface area contributed by atoms with Crippen LogP contribution in [0.4, 0.5) is 5.82 Å². The van der Waals surface area contributed by atoms with E-state index in [1.165, 1.54) is 0 Å². The molecule has 2 aromatic rings. The van der Waals surface area contributed by atoms with Gasteiger partial charge >= 0.3 is 0 Å². The Balaban J connectivity index is 2.28. The molecule has 5 heteroatoms. The summed E-state index contributed by atoms with van der Waals surface area (Å²) in [6.45, 7) is 2.13. The highest BCUT2D eigenvalue weighted by Gasteiger charge is 2.09. The predicted octanol–water partition coefficient (Wildman–Crippen LogP) is 2.60. The lowest BCUT2D eigenvalue weighted by Crippen LogP contribution is -2.08. The van der Waals surface area contributed by atoms with Gasteiger partial charge in [-0.05, 0) is 40.6 Å². The number of aryl methyl sites for hydroxylation is 1. The predicted molar refractivity (Wildman–Crippen MR) is 80.2 cm³/mol. The Hall–Kier alpha value is -1.24. The maximum atomic E-state index is 5.93. The van der Waals surface area contributed by atoms with Crippen LogP contribution < -0.4 is 5.73 Å². The average Bonchev–Trinajstić information content (AvgIpc) is 2.37. The van der Waals surface area contributed by atoms with Crippen LogP contribution in [0.3, 0.4) is 0 Å². The Kier molecular flexibility index (Phi) is 4.46. The monoisotopic (exact) mass is 354 g/mol. The molecule has 2 heterocycles. The molecule has 2 rings (SSSR count). The first kappa shape index (κ1) is 13.2. The zero-order valence-electron chi connectivity index (χ0n) is 10.2. The van der Waals surface area contributed by atoms with E-state index in [1.54, 1.807) is 6.20 Å². The molecule has 0 aliphatic heterocycles. The smallest absolute Gasteiger partial charge is 0.140 e. The molecule has 2 aromatic heterocycles. The van der Waals surface area contributed by atoms with Crippen LogP contribution in [0.1, 0.15) is 30.4 Å². The standard InChI is InChI=1S/C13H15IN4/c1-2-4-10-12(14)13(15)18-11(17-10)7-9-5-3-6-16-8-9/h3,5-6,8H,2,4,7H2,1H3,(H2,15,17,18). The molecule has 2 N–H and O–H groups in total. The van der Waals surface area contributed by atoms with E-state index in [4.69, 9.17) is 5.73 Å². The van der Waals surface area contributed by atoms with Gasteiger partial charge in [-0.1, -0.05) is 19.4 Å². The van der Waals surface area contributed by atoms with Gasteiger partial charge in [0.15, 0.2) is 0 Å². The Bertz CT molecular complexity index is 528. The Morgan fingerprint density at radius 3 is 2.83 bits per heavy atom. The molecule has 0 amide bonds. The Morgan fingerprint density at radius 1 is 1.33 bits per heavy atom. The number of halogens is 1. The van der Waals surface area contributed by atoms with Crippen LogP contribution in [-0.4, -0.2) is 15.0 Å². The molecule has 0 unspecified atom stereocenters. The first-order chi connectivity index (χ1) is 8.70. The second kappa shape index (κ2) is 6.08. The molecule has 18 heavy (non-hydrogen) atoms. The first-order valence-corrected chi connectivity index (χ1v) is 6.98. The topological polar surface area (TPSA) is 64.7 Å². The molecular weight excluding hydrogens is 339 g/mol. The highest BCUT2D eigenvalue weighted by Crippen LogP contribution is 2.18. The molecule has 0 saturated heterocycles. The lowest BCUT2D eigenvalue weighted by atomic mass is 10.2. The van der Waals surface area contributed by atoms with Crippen LogP contribution in [0.5, 0.6) is 0 Å². The van der Waals surface area contributed by atoms with Crippen LogP contribution in [0.15, 0.2) is 24.5 Å². The molecular formula is C13H15IN4. The zero-order valence-corrected chi connectivity index (χ0v) is 12.4. The molecule has 0 aliphatic carbocycles. The van der Waals surface area contributed by atoms with Crippen LogP contribution in [0.25, 0.3) is 0 Å². The fraction of sp³-hybridized carbons (Fsp3) is 0.308. The number of anilines is 1. The number of hydrogen-bond donors (Lipinski definition) is 1. The number of nitrogen functional groups attached to an aromatic ring is 1. The van der Waals surface area contributed by atoms with Gasteiger partial charge < -0.3 is 5.73 Å². The van der Waals surface area contributed by atoms with E-state index in [2.05, 4.69) is 44.5 Å². The second-order valence-electron chi connectivity index (χ2n) is 4.07. The summed E-state index contributed by atoms with van der Waals surface area (Å²) < 4.78 is 0.976. The van der Waals surface area contributed by atoms with Crippen molar-refractivity contribution in [2.24, 2.45) is 0 Å². The quantitative estimate of drug-likeness (QED) is 0.858. The van der Waals surface area contributed by atoms with Crippen molar-refractivity contribution in [1.82, 2.24) is 15.0 Å². The third-order valence-corrected chi connectivity index (χ3v) is 3.74. The summed E-state index contributed by atoms with van der Waals surface area (Å²) in [4.78, 5) is 13.0. The molecule has 94 valence electrons. The van der Waals surface area contributed by atoms with Gasteiger partial charge in [-0.3, -0.25) is 4.98 Å². The Labute approximate surface area is 120 Å². The van der Waals surface area contributed by atoms with Crippen molar-refractivity contribution in [2.45, 2.75) is 26.2 Å². The number of hydrogen-bond acceptors (Lipinski definition) is 4. The summed E-state index contributed by atoms with van der Waals surface area (Å²) in [5, 5.41) is 0. The van der Waals surface area contributed by atoms with Crippen molar-refractivity contribution < 1.29 is 0 Å². The van der Waals surface area contributed by atoms with Crippen molar-refractivity contribution in [3.05, 3.63) is 45.2 Å². The summed E-state index contributed by atoms with van der Waals surface area (Å²) in [5.41, 5.74) is 8.07. The molecule has 0 atom stereocenters. The number of pyridine rings is 1. The van der Waals surface area contributed by atoms with Gasteiger partial charge in [0, 0.05) is 18.8 Å². The summed E-state index contributed by atoms with van der Waals surface area (Å²) in [6, 6.07) is 3.93. The van der Waals surface area contributed by atoms with Gasteiger partial charge in [0.2, 0.25) is 0 Å². The normalized spacial score (nSPS) is 10.6. The van der Waals surface area contributed by atoms with Crippen molar-refractivity contribution in [2.75, 3.05) is 5.73 Å². The van der Waals surface area contributed by atoms with Crippen molar-refractivity contribution >= 4 is 28.4 Å². The third-order valence-electron chi connectivity index (χ3n) is 2.56. The highest BCUT2D eigenvalue weighted by molar-refractivity contribution is 14.1. The lowest BCUT2D eigenvalue weighted by molar-refractivity contribution is 0.835. The molecule has 0 bridgehead atoms. The van der Waals surface area contributed by atoms with Gasteiger partial charge in [0.1, 0.15) is 11.6 Å². The minimum atomic E-state index is 0.577. The maximum Gasteiger partial charge on any atom is 0.140 e. The second-order valence-corrected chi connectivity index (χ2v) is 5.15. The molecule has 0 saturated carbocycles. The van der Waals surface area contributed by atoms with Crippen LogP contribution in [0, 0.1) is 3.57 Å². The lowest BCUT2D eigenvalue weighted by Gasteiger charge is -2.08. The maximum absolute atomic E-state index is 5.93. The molecule has 0 fully saturated rings. The minimum Gasteiger partial charge on any atom is -0.383 e. The van der Waals surface area contributed by atoms with E-state index in [1.807, 2.05) is 18.3 Å². The number of nitrogens with two attached hydrogens (primary N) is 1. The largest absolute Gasteiger partial charge is 0.383 e. The zero-order chi connectivity index (χ0) is 13.0. The van der Waals surface area contributed by atoms with Gasteiger partial charge in [-0.15, -0.1) is 0 Å². The van der Waals surface area contributed by atoms with Crippen LogP contribution in [0.2, 0.25) is 0 Å². The van der Waals surface area contributed by atoms with E-state index >= 15 is 0 Å². The van der Waals surface area contributed by atoms with Gasteiger partial charge in [0.05, 0.1) is 9.26 Å². The van der Waals surface area contributed by atoms with E-state index < -0.39 is 0 Å². The summed E-state index contributed by atoms with van der Waals surface area (Å²) in [7, 11) is 0. The number of nitrogens with zero attached hydrogens (tertiary/aromatic N) is 3. The summed E-state index contributed by atoms with van der Waals surface area (Å²) in [5.74, 6) is 1.34. The molecule has 0 aromatic carbocycles. The Morgan fingerprint density at radius 2 is 2.17 bits per heavy atom. The van der Waals surface area contributed by atoms with Gasteiger partial charge in [-0.2, -0.15) is 0 Å². The van der Waals surface area contributed by atoms with Crippen molar-refractivity contribution in [3.63, 3.8) is 0 Å². The first-order valence-electron chi connectivity index (χ1n) is 5.90. The van der Waals surface area contributed by atoms with E-state index in [9.17, 15) is 0 Å². The van der Waals surface area contributed by atoms with Crippen molar-refractivity contribution in [1.29, 1.82) is 0 Å². The SMILES string of the molecule is CCCc1nc(Cc2cccnc2)nc(N)c1I. The highest BCUT2D eigenvalue weighted by atomic mass is 127. The minimum absolute atomic E-state index is 0.577. The molecule has 4 nitrogen and oxygen atoms in total. The summed E-state index contributed by atoms with van der Waals surface area (Å²) >= 11 is 2.21. The average molecular weight is 354 g/mol. The molecule has 0 aliphatic rings. The van der Waals surface area contributed by atoms with Gasteiger partial charge in [-0.25, -0.2) is 9.97 Å². The summed E-state index contributed by atoms with van der Waals surface area (Å²) in [6.07, 6.45) is 6.25. The number of rotatable bonds is 4. The van der Waals surface area contributed by atoms with Crippen molar-refractivity contribution in [3.8, 4) is 0 Å². The van der Waals surface area contributed by atoms with E-state index in [-0.39, 0.29) is 0 Å². The third kappa shape index (κ3) is 3.16. The van der Waals surface area contributed by atoms with E-state index in [0.29, 0.717) is 12.2 Å². The molecule has 0 radical (unpaired) electrons. The number of aromatic nitrogens is 3. The van der Waals surface area contributed by atoms with Gasteiger partial charge in [0.25, 0.3) is 0 Å².